The average Bonchev–Trinajstić information content (AvgIpc) is 2.70. The van der Waals surface area contributed by atoms with Crippen LogP contribution in [0.4, 0.5) is 11.5 Å². The van der Waals surface area contributed by atoms with Crippen molar-refractivity contribution in [3.05, 3.63) is 42.1 Å². The van der Waals surface area contributed by atoms with E-state index in [1.165, 1.54) is 4.68 Å². The highest BCUT2D eigenvalue weighted by Crippen LogP contribution is 2.17. The Labute approximate surface area is 106 Å². The molecule has 0 saturated carbocycles. The number of nitrogens with two attached hydrogens (primary N) is 1. The highest BCUT2D eigenvalue weighted by molar-refractivity contribution is 6.05. The number of hydrogen-bond donors (Lipinski definition) is 1. The second kappa shape index (κ2) is 4.91. The van der Waals surface area contributed by atoms with Crippen LogP contribution in [-0.2, 0) is 7.05 Å². The standard InChI is InChI=1S/C13H16N4O/c1-3-17(10-7-5-4-6-8-10)13(18)11-9-12(14)15-16(11)2/h4-9H,3H2,1-2H3,(H2,14,15). The van der Waals surface area contributed by atoms with Crippen molar-refractivity contribution in [2.45, 2.75) is 6.92 Å². The molecule has 0 aliphatic rings. The molecular formula is C13H16N4O. The molecule has 1 amide bonds. The molecule has 0 saturated heterocycles. The Morgan fingerprint density at radius 3 is 2.56 bits per heavy atom. The number of hydrogen-bond acceptors (Lipinski definition) is 3. The average molecular weight is 244 g/mol. The fourth-order valence-electron chi connectivity index (χ4n) is 1.88. The van der Waals surface area contributed by atoms with Gasteiger partial charge in [-0.15, -0.1) is 0 Å². The molecule has 2 N–H and O–H groups in total. The van der Waals surface area contributed by atoms with Crippen molar-refractivity contribution in [3.8, 4) is 0 Å². The van der Waals surface area contributed by atoms with Crippen LogP contribution < -0.4 is 10.6 Å². The molecule has 0 spiro atoms. The molecule has 0 aliphatic heterocycles. The van der Waals surface area contributed by atoms with Crippen LogP contribution in [0.25, 0.3) is 0 Å². The molecule has 0 fully saturated rings. The molecular weight excluding hydrogens is 228 g/mol. The van der Waals surface area contributed by atoms with Crippen molar-refractivity contribution in [1.82, 2.24) is 9.78 Å². The van der Waals surface area contributed by atoms with Crippen molar-refractivity contribution in [2.24, 2.45) is 7.05 Å². The molecule has 1 heterocycles. The van der Waals surface area contributed by atoms with Gasteiger partial charge in [0.2, 0.25) is 0 Å². The number of carbonyl (C=O) groups is 1. The Bertz CT molecular complexity index is 547. The summed E-state index contributed by atoms with van der Waals surface area (Å²) in [4.78, 5) is 14.1. The number of aryl methyl sites for hydroxylation is 1. The number of rotatable bonds is 3. The zero-order valence-electron chi connectivity index (χ0n) is 10.5. The molecule has 18 heavy (non-hydrogen) atoms. The number of nitrogen functional groups attached to an aromatic ring is 1. The minimum absolute atomic E-state index is 0.101. The van der Waals surface area contributed by atoms with Gasteiger partial charge in [0.05, 0.1) is 0 Å². The highest BCUT2D eigenvalue weighted by atomic mass is 16.2. The van der Waals surface area contributed by atoms with Gasteiger partial charge < -0.3 is 10.6 Å². The van der Waals surface area contributed by atoms with Gasteiger partial charge in [0.25, 0.3) is 5.91 Å². The first-order chi connectivity index (χ1) is 8.63. The predicted molar refractivity (Wildman–Crippen MR) is 71.4 cm³/mol. The maximum atomic E-state index is 12.4. The van der Waals surface area contributed by atoms with Crippen LogP contribution in [0.3, 0.4) is 0 Å². The number of para-hydroxylation sites is 1. The Hall–Kier alpha value is -2.30. The van der Waals surface area contributed by atoms with Gasteiger partial charge in [0, 0.05) is 25.3 Å². The molecule has 0 radical (unpaired) electrons. The van der Waals surface area contributed by atoms with E-state index >= 15 is 0 Å². The van der Waals surface area contributed by atoms with Gasteiger partial charge in [-0.2, -0.15) is 5.10 Å². The lowest BCUT2D eigenvalue weighted by molar-refractivity contribution is 0.0979. The molecule has 0 bridgehead atoms. The molecule has 2 rings (SSSR count). The first-order valence-electron chi connectivity index (χ1n) is 5.80. The van der Waals surface area contributed by atoms with Gasteiger partial charge >= 0.3 is 0 Å². The minimum Gasteiger partial charge on any atom is -0.382 e. The molecule has 1 aromatic heterocycles. The third-order valence-corrected chi connectivity index (χ3v) is 2.75. The smallest absolute Gasteiger partial charge is 0.276 e. The van der Waals surface area contributed by atoms with E-state index < -0.39 is 0 Å². The normalized spacial score (nSPS) is 10.3. The molecule has 1 aromatic carbocycles. The van der Waals surface area contributed by atoms with Crippen LogP contribution in [0.2, 0.25) is 0 Å². The zero-order chi connectivity index (χ0) is 13.1. The largest absolute Gasteiger partial charge is 0.382 e. The van der Waals surface area contributed by atoms with E-state index in [9.17, 15) is 4.79 Å². The monoisotopic (exact) mass is 244 g/mol. The Balaban J connectivity index is 2.34. The van der Waals surface area contributed by atoms with Gasteiger partial charge in [-0.3, -0.25) is 9.48 Å². The van der Waals surface area contributed by atoms with E-state index in [1.807, 2.05) is 37.3 Å². The number of nitrogens with zero attached hydrogens (tertiary/aromatic N) is 3. The van der Waals surface area contributed by atoms with Crippen LogP contribution in [-0.4, -0.2) is 22.2 Å². The Kier molecular flexibility index (Phi) is 3.32. The summed E-state index contributed by atoms with van der Waals surface area (Å²) < 4.78 is 1.50. The summed E-state index contributed by atoms with van der Waals surface area (Å²) in [5.41, 5.74) is 6.94. The van der Waals surface area contributed by atoms with Crippen molar-refractivity contribution < 1.29 is 4.79 Å². The van der Waals surface area contributed by atoms with Crippen molar-refractivity contribution in [2.75, 3.05) is 17.2 Å². The molecule has 5 nitrogen and oxygen atoms in total. The topological polar surface area (TPSA) is 64.2 Å². The fraction of sp³-hybridized carbons (Fsp3) is 0.231. The summed E-state index contributed by atoms with van der Waals surface area (Å²) in [7, 11) is 1.71. The van der Waals surface area contributed by atoms with E-state index in [4.69, 9.17) is 5.73 Å². The molecule has 0 aliphatic carbocycles. The maximum Gasteiger partial charge on any atom is 0.276 e. The van der Waals surface area contributed by atoms with Gasteiger partial charge in [0.15, 0.2) is 0 Å². The first kappa shape index (κ1) is 12.2. The van der Waals surface area contributed by atoms with Crippen molar-refractivity contribution >= 4 is 17.4 Å². The summed E-state index contributed by atoms with van der Waals surface area (Å²) >= 11 is 0. The molecule has 0 atom stereocenters. The lowest BCUT2D eigenvalue weighted by Gasteiger charge is -2.20. The summed E-state index contributed by atoms with van der Waals surface area (Å²) in [6.07, 6.45) is 0. The first-order valence-corrected chi connectivity index (χ1v) is 5.80. The number of anilines is 2. The second-order valence-electron chi connectivity index (χ2n) is 3.96. The van der Waals surface area contributed by atoms with Crippen LogP contribution in [0.1, 0.15) is 17.4 Å². The predicted octanol–water partition coefficient (Wildman–Crippen LogP) is 1.67. The number of benzene rings is 1. The Morgan fingerprint density at radius 1 is 1.39 bits per heavy atom. The van der Waals surface area contributed by atoms with Gasteiger partial charge in [-0.05, 0) is 19.1 Å². The Morgan fingerprint density at radius 2 is 2.06 bits per heavy atom. The second-order valence-corrected chi connectivity index (χ2v) is 3.96. The summed E-state index contributed by atoms with van der Waals surface area (Å²) in [5, 5.41) is 3.99. The van der Waals surface area contributed by atoms with E-state index in [2.05, 4.69) is 5.10 Å². The van der Waals surface area contributed by atoms with Crippen molar-refractivity contribution in [1.29, 1.82) is 0 Å². The van der Waals surface area contributed by atoms with Crippen LogP contribution >= 0.6 is 0 Å². The van der Waals surface area contributed by atoms with E-state index in [0.29, 0.717) is 18.1 Å². The summed E-state index contributed by atoms with van der Waals surface area (Å²) in [5.74, 6) is 0.250. The fourth-order valence-corrected chi connectivity index (χ4v) is 1.88. The van der Waals surface area contributed by atoms with Crippen LogP contribution in [0.15, 0.2) is 36.4 Å². The quantitative estimate of drug-likeness (QED) is 0.893. The summed E-state index contributed by atoms with van der Waals surface area (Å²) in [6, 6.07) is 11.1. The molecule has 2 aromatic rings. The van der Waals surface area contributed by atoms with Crippen LogP contribution in [0.5, 0.6) is 0 Å². The maximum absolute atomic E-state index is 12.4. The molecule has 0 unspecified atom stereocenters. The van der Waals surface area contributed by atoms with E-state index in [1.54, 1.807) is 18.0 Å². The summed E-state index contributed by atoms with van der Waals surface area (Å²) in [6.45, 7) is 2.53. The van der Waals surface area contributed by atoms with Gasteiger partial charge in [0.1, 0.15) is 11.5 Å². The highest BCUT2D eigenvalue weighted by Gasteiger charge is 2.19. The van der Waals surface area contributed by atoms with E-state index in [0.717, 1.165) is 5.69 Å². The minimum atomic E-state index is -0.101. The lowest BCUT2D eigenvalue weighted by atomic mass is 10.2. The molecule has 5 heteroatoms. The van der Waals surface area contributed by atoms with Gasteiger partial charge in [-0.1, -0.05) is 18.2 Å². The number of amides is 1. The molecule has 94 valence electrons. The van der Waals surface area contributed by atoms with Crippen LogP contribution in [0, 0.1) is 0 Å². The number of carbonyl (C=O) groups excluding carboxylic acids is 1. The van der Waals surface area contributed by atoms with E-state index in [-0.39, 0.29) is 5.91 Å². The van der Waals surface area contributed by atoms with Crippen molar-refractivity contribution in [3.63, 3.8) is 0 Å². The lowest BCUT2D eigenvalue weighted by Crippen LogP contribution is -2.32. The number of aromatic nitrogens is 2. The SMILES string of the molecule is CCN(C(=O)c1cc(N)nn1C)c1ccccc1. The third kappa shape index (κ3) is 2.20. The third-order valence-electron chi connectivity index (χ3n) is 2.75. The zero-order valence-corrected chi connectivity index (χ0v) is 10.5. The van der Waals surface area contributed by atoms with Gasteiger partial charge in [-0.25, -0.2) is 0 Å².